The lowest BCUT2D eigenvalue weighted by atomic mass is 10.1. The second-order valence-corrected chi connectivity index (χ2v) is 4.64. The fourth-order valence-corrected chi connectivity index (χ4v) is 2.11. The lowest BCUT2D eigenvalue weighted by Gasteiger charge is -2.10. The molecule has 2 N–H and O–H groups in total. The van der Waals surface area contributed by atoms with Gasteiger partial charge >= 0.3 is 5.97 Å². The molecule has 0 aliphatic heterocycles. The van der Waals surface area contributed by atoms with Gasteiger partial charge < -0.3 is 10.2 Å². The van der Waals surface area contributed by atoms with E-state index < -0.39 is 5.97 Å². The van der Waals surface area contributed by atoms with Crippen LogP contribution in [0.5, 0.6) is 5.75 Å². The predicted octanol–water partition coefficient (Wildman–Crippen LogP) is 2.48. The molecule has 1 aromatic heterocycles. The molecule has 0 fully saturated rings. The molecule has 2 aromatic rings. The largest absolute Gasteiger partial charge is 0.508 e. The summed E-state index contributed by atoms with van der Waals surface area (Å²) in [4.78, 5) is 19.5. The van der Waals surface area contributed by atoms with Crippen LogP contribution in [0.2, 0.25) is 0 Å². The summed E-state index contributed by atoms with van der Waals surface area (Å²) in [5, 5.41) is 18.2. The van der Waals surface area contributed by atoms with Crippen LogP contribution in [-0.2, 0) is 11.2 Å². The van der Waals surface area contributed by atoms with Gasteiger partial charge in [0.25, 0.3) is 0 Å². The van der Waals surface area contributed by atoms with Gasteiger partial charge in [-0.05, 0) is 38.0 Å². The van der Waals surface area contributed by atoms with E-state index in [2.05, 4.69) is 9.97 Å². The number of phenols is 1. The maximum absolute atomic E-state index is 10.7. The van der Waals surface area contributed by atoms with E-state index in [0.29, 0.717) is 12.2 Å². The number of carboxylic acid groups (broad SMARTS) is 1. The number of aromatic hydroxyl groups is 1. The quantitative estimate of drug-likeness (QED) is 0.893. The number of aromatic nitrogens is 2. The molecule has 104 valence electrons. The summed E-state index contributed by atoms with van der Waals surface area (Å²) in [6.45, 7) is 3.69. The highest BCUT2D eigenvalue weighted by Gasteiger charge is 2.11. The molecule has 20 heavy (non-hydrogen) atoms. The fourth-order valence-electron chi connectivity index (χ4n) is 2.11. The van der Waals surface area contributed by atoms with Gasteiger partial charge in [0.1, 0.15) is 5.75 Å². The Kier molecular flexibility index (Phi) is 3.98. The van der Waals surface area contributed by atoms with Crippen molar-refractivity contribution in [2.45, 2.75) is 26.7 Å². The molecule has 0 unspecified atom stereocenters. The van der Waals surface area contributed by atoms with Gasteiger partial charge in [-0.2, -0.15) is 0 Å². The standard InChI is InChI=1S/C15H16N2O3/c1-9-13(6-7-14(19)20)10(2)17-15(16-9)11-4-3-5-12(18)8-11/h3-5,8,18H,6-7H2,1-2H3,(H,19,20). The summed E-state index contributed by atoms with van der Waals surface area (Å²) < 4.78 is 0. The molecule has 5 nitrogen and oxygen atoms in total. The minimum atomic E-state index is -0.833. The maximum atomic E-state index is 10.7. The van der Waals surface area contributed by atoms with Gasteiger partial charge in [0, 0.05) is 23.4 Å². The van der Waals surface area contributed by atoms with Gasteiger partial charge in [0.05, 0.1) is 0 Å². The first-order valence-corrected chi connectivity index (χ1v) is 6.32. The Morgan fingerprint density at radius 3 is 2.40 bits per heavy atom. The van der Waals surface area contributed by atoms with Gasteiger partial charge in [-0.3, -0.25) is 4.79 Å². The highest BCUT2D eigenvalue weighted by molar-refractivity contribution is 5.67. The van der Waals surface area contributed by atoms with E-state index in [1.54, 1.807) is 18.2 Å². The minimum Gasteiger partial charge on any atom is -0.508 e. The van der Waals surface area contributed by atoms with Crippen molar-refractivity contribution in [3.63, 3.8) is 0 Å². The average Bonchev–Trinajstić information content (AvgIpc) is 2.37. The predicted molar refractivity (Wildman–Crippen MR) is 74.6 cm³/mol. The number of phenolic OH excluding ortho intramolecular Hbond substituents is 1. The summed E-state index contributed by atoms with van der Waals surface area (Å²) in [7, 11) is 0. The van der Waals surface area contributed by atoms with Gasteiger partial charge in [0.15, 0.2) is 5.82 Å². The maximum Gasteiger partial charge on any atom is 0.303 e. The topological polar surface area (TPSA) is 83.3 Å². The first-order chi connectivity index (χ1) is 9.47. The highest BCUT2D eigenvalue weighted by Crippen LogP contribution is 2.22. The Labute approximate surface area is 117 Å². The number of nitrogens with zero attached hydrogens (tertiary/aromatic N) is 2. The Bertz CT molecular complexity index is 630. The number of benzene rings is 1. The zero-order chi connectivity index (χ0) is 14.7. The highest BCUT2D eigenvalue weighted by atomic mass is 16.4. The van der Waals surface area contributed by atoms with Crippen LogP contribution in [0.4, 0.5) is 0 Å². The number of rotatable bonds is 4. The third-order valence-corrected chi connectivity index (χ3v) is 3.11. The molecule has 0 spiro atoms. The molecule has 0 aliphatic rings. The molecule has 2 rings (SSSR count). The van der Waals surface area contributed by atoms with Crippen molar-refractivity contribution in [1.82, 2.24) is 9.97 Å². The van der Waals surface area contributed by atoms with Crippen LogP contribution in [0.1, 0.15) is 23.4 Å². The zero-order valence-electron chi connectivity index (χ0n) is 11.4. The second-order valence-electron chi connectivity index (χ2n) is 4.64. The summed E-state index contributed by atoms with van der Waals surface area (Å²) >= 11 is 0. The molecular weight excluding hydrogens is 256 g/mol. The summed E-state index contributed by atoms with van der Waals surface area (Å²) in [6, 6.07) is 6.75. The molecule has 5 heteroatoms. The Morgan fingerprint density at radius 1 is 1.20 bits per heavy atom. The number of aryl methyl sites for hydroxylation is 2. The Balaban J connectivity index is 2.37. The first-order valence-electron chi connectivity index (χ1n) is 6.32. The van der Waals surface area contributed by atoms with E-state index in [1.807, 2.05) is 19.9 Å². The summed E-state index contributed by atoms with van der Waals surface area (Å²) in [6.07, 6.45) is 0.490. The minimum absolute atomic E-state index is 0.0660. The van der Waals surface area contributed by atoms with Crippen LogP contribution in [0, 0.1) is 13.8 Å². The van der Waals surface area contributed by atoms with Crippen molar-refractivity contribution in [1.29, 1.82) is 0 Å². The van der Waals surface area contributed by atoms with Gasteiger partial charge in [0.2, 0.25) is 0 Å². The van der Waals surface area contributed by atoms with Crippen LogP contribution < -0.4 is 0 Å². The smallest absolute Gasteiger partial charge is 0.303 e. The molecule has 0 atom stereocenters. The van der Waals surface area contributed by atoms with Crippen LogP contribution in [0.15, 0.2) is 24.3 Å². The van der Waals surface area contributed by atoms with E-state index >= 15 is 0 Å². The third kappa shape index (κ3) is 3.12. The van der Waals surface area contributed by atoms with Gasteiger partial charge in [-0.15, -0.1) is 0 Å². The third-order valence-electron chi connectivity index (χ3n) is 3.11. The summed E-state index contributed by atoms with van der Waals surface area (Å²) in [5.74, 6) is -0.132. The molecule has 0 radical (unpaired) electrons. The number of carbonyl (C=O) groups is 1. The lowest BCUT2D eigenvalue weighted by Crippen LogP contribution is -2.05. The van der Waals surface area contributed by atoms with Crippen molar-refractivity contribution in [2.75, 3.05) is 0 Å². The summed E-state index contributed by atoms with van der Waals surface area (Å²) in [5.41, 5.74) is 3.16. The molecule has 1 aromatic carbocycles. The monoisotopic (exact) mass is 272 g/mol. The molecule has 0 aliphatic carbocycles. The van der Waals surface area contributed by atoms with Crippen molar-refractivity contribution >= 4 is 5.97 Å². The average molecular weight is 272 g/mol. The van der Waals surface area contributed by atoms with Crippen molar-refractivity contribution in [3.05, 3.63) is 41.2 Å². The first kappa shape index (κ1) is 14.0. The number of hydrogen-bond donors (Lipinski definition) is 2. The van der Waals surface area contributed by atoms with Crippen LogP contribution in [-0.4, -0.2) is 26.2 Å². The van der Waals surface area contributed by atoms with Crippen molar-refractivity contribution < 1.29 is 15.0 Å². The van der Waals surface area contributed by atoms with Crippen molar-refractivity contribution in [2.24, 2.45) is 0 Å². The SMILES string of the molecule is Cc1nc(-c2cccc(O)c2)nc(C)c1CCC(=O)O. The lowest BCUT2D eigenvalue weighted by molar-refractivity contribution is -0.136. The van der Waals surface area contributed by atoms with Gasteiger partial charge in [-0.1, -0.05) is 12.1 Å². The van der Waals surface area contributed by atoms with E-state index in [4.69, 9.17) is 5.11 Å². The number of hydrogen-bond acceptors (Lipinski definition) is 4. The fraction of sp³-hybridized carbons (Fsp3) is 0.267. The van der Waals surface area contributed by atoms with E-state index in [9.17, 15) is 9.90 Å². The molecule has 0 saturated heterocycles. The molecule has 0 saturated carbocycles. The molecule has 0 amide bonds. The van der Waals surface area contributed by atoms with Crippen molar-refractivity contribution in [3.8, 4) is 17.1 Å². The normalized spacial score (nSPS) is 10.5. The molecule has 0 bridgehead atoms. The number of aliphatic carboxylic acids is 1. The van der Waals surface area contributed by atoms with E-state index in [-0.39, 0.29) is 12.2 Å². The van der Waals surface area contributed by atoms with E-state index in [1.165, 1.54) is 0 Å². The van der Waals surface area contributed by atoms with Crippen LogP contribution in [0.3, 0.4) is 0 Å². The molecular formula is C15H16N2O3. The molecule has 1 heterocycles. The van der Waals surface area contributed by atoms with Crippen LogP contribution in [0.25, 0.3) is 11.4 Å². The Hall–Kier alpha value is -2.43. The van der Waals surface area contributed by atoms with Gasteiger partial charge in [-0.25, -0.2) is 9.97 Å². The van der Waals surface area contributed by atoms with Crippen LogP contribution >= 0.6 is 0 Å². The zero-order valence-corrected chi connectivity index (χ0v) is 11.4. The Morgan fingerprint density at radius 2 is 1.85 bits per heavy atom. The van der Waals surface area contributed by atoms with E-state index in [0.717, 1.165) is 22.5 Å². The second kappa shape index (κ2) is 5.69. The number of carboxylic acids is 1.